The van der Waals surface area contributed by atoms with E-state index in [2.05, 4.69) is 16.0 Å². The minimum atomic E-state index is -0.189. The summed E-state index contributed by atoms with van der Waals surface area (Å²) in [4.78, 5) is 26.7. The third-order valence-electron chi connectivity index (χ3n) is 5.15. The molecule has 2 heterocycles. The second-order valence-electron chi connectivity index (χ2n) is 7.48. The minimum Gasteiger partial charge on any atom is -0.342 e. The van der Waals surface area contributed by atoms with E-state index < -0.39 is 0 Å². The zero-order valence-corrected chi connectivity index (χ0v) is 16.8. The Morgan fingerprint density at radius 2 is 2.11 bits per heavy atom. The van der Waals surface area contributed by atoms with Crippen molar-refractivity contribution in [2.75, 3.05) is 43.0 Å². The number of amides is 3. The molecular weight excluding hydrogens is 360 g/mol. The number of likely N-dealkylation sites (tertiary alicyclic amines) is 1. The molecule has 0 bridgehead atoms. The molecule has 2 aliphatic heterocycles. The largest absolute Gasteiger partial charge is 0.342 e. The summed E-state index contributed by atoms with van der Waals surface area (Å²) in [5, 5.41) is 9.24. The summed E-state index contributed by atoms with van der Waals surface area (Å²) >= 11 is 1.92. The van der Waals surface area contributed by atoms with E-state index in [0.29, 0.717) is 24.9 Å². The Morgan fingerprint density at radius 3 is 2.85 bits per heavy atom. The summed E-state index contributed by atoms with van der Waals surface area (Å²) in [7, 11) is 0. The SMILES string of the molecule is Cc1ccc(NC(=O)NCC2CCCN(C(=O)CC3CSCCN3)C2)cc1. The van der Waals surface area contributed by atoms with Crippen molar-refractivity contribution < 1.29 is 9.59 Å². The van der Waals surface area contributed by atoms with Crippen LogP contribution in [0.2, 0.25) is 0 Å². The zero-order valence-electron chi connectivity index (χ0n) is 16.0. The maximum Gasteiger partial charge on any atom is 0.319 e. The van der Waals surface area contributed by atoms with Crippen molar-refractivity contribution in [3.63, 3.8) is 0 Å². The molecule has 0 radical (unpaired) electrons. The highest BCUT2D eigenvalue weighted by Crippen LogP contribution is 2.18. The molecule has 2 saturated heterocycles. The highest BCUT2D eigenvalue weighted by molar-refractivity contribution is 7.99. The topological polar surface area (TPSA) is 73.5 Å². The summed E-state index contributed by atoms with van der Waals surface area (Å²) in [6.07, 6.45) is 2.64. The molecule has 7 heteroatoms. The molecule has 0 spiro atoms. The van der Waals surface area contributed by atoms with Gasteiger partial charge in [0.15, 0.2) is 0 Å². The summed E-state index contributed by atoms with van der Waals surface area (Å²) in [6, 6.07) is 7.85. The lowest BCUT2D eigenvalue weighted by Crippen LogP contribution is -2.47. The first kappa shape index (κ1) is 20.0. The number of carbonyl (C=O) groups excluding carboxylic acids is 2. The fourth-order valence-corrected chi connectivity index (χ4v) is 4.55. The Bertz CT molecular complexity index is 631. The molecule has 148 valence electrons. The second kappa shape index (κ2) is 9.99. The van der Waals surface area contributed by atoms with Crippen LogP contribution in [0.1, 0.15) is 24.8 Å². The molecule has 0 aliphatic carbocycles. The van der Waals surface area contributed by atoms with Gasteiger partial charge in [0.2, 0.25) is 5.91 Å². The molecular formula is C20H30N4O2S. The van der Waals surface area contributed by atoms with Crippen molar-refractivity contribution in [3.05, 3.63) is 29.8 Å². The van der Waals surface area contributed by atoms with Crippen molar-refractivity contribution in [1.82, 2.24) is 15.5 Å². The molecule has 0 saturated carbocycles. The van der Waals surface area contributed by atoms with Gasteiger partial charge in [0.1, 0.15) is 0 Å². The molecule has 2 atom stereocenters. The number of urea groups is 1. The van der Waals surface area contributed by atoms with E-state index in [1.807, 2.05) is 47.9 Å². The zero-order chi connectivity index (χ0) is 19.1. The van der Waals surface area contributed by atoms with Crippen molar-refractivity contribution in [2.45, 2.75) is 32.2 Å². The van der Waals surface area contributed by atoms with Crippen LogP contribution in [0.25, 0.3) is 0 Å². The van der Waals surface area contributed by atoms with Gasteiger partial charge in [0, 0.05) is 55.8 Å². The van der Waals surface area contributed by atoms with Gasteiger partial charge < -0.3 is 20.9 Å². The Morgan fingerprint density at radius 1 is 1.30 bits per heavy atom. The number of thioether (sulfide) groups is 1. The standard InChI is InChI=1S/C20H30N4O2S/c1-15-4-6-17(7-5-15)23-20(26)22-12-16-3-2-9-24(13-16)19(25)11-18-14-27-10-8-21-18/h4-7,16,18,21H,2-3,8-14H2,1H3,(H2,22,23,26). The first-order valence-corrected chi connectivity index (χ1v) is 11.0. The van der Waals surface area contributed by atoms with E-state index in [1.54, 1.807) is 0 Å². The van der Waals surface area contributed by atoms with Crippen LogP contribution in [0.3, 0.4) is 0 Å². The third-order valence-corrected chi connectivity index (χ3v) is 6.28. The van der Waals surface area contributed by atoms with Crippen LogP contribution >= 0.6 is 11.8 Å². The molecule has 27 heavy (non-hydrogen) atoms. The molecule has 2 aliphatic rings. The molecule has 6 nitrogen and oxygen atoms in total. The molecule has 0 aromatic heterocycles. The number of hydrogen-bond acceptors (Lipinski definition) is 4. The van der Waals surface area contributed by atoms with E-state index in [0.717, 1.165) is 55.2 Å². The number of anilines is 1. The van der Waals surface area contributed by atoms with E-state index in [1.165, 1.54) is 0 Å². The van der Waals surface area contributed by atoms with Gasteiger partial charge in [-0.25, -0.2) is 4.79 Å². The highest BCUT2D eigenvalue weighted by atomic mass is 32.2. The van der Waals surface area contributed by atoms with E-state index >= 15 is 0 Å². The number of nitrogens with zero attached hydrogens (tertiary/aromatic N) is 1. The number of carbonyl (C=O) groups is 2. The number of hydrogen-bond donors (Lipinski definition) is 3. The van der Waals surface area contributed by atoms with Crippen LogP contribution in [0.4, 0.5) is 10.5 Å². The number of piperidine rings is 1. The molecule has 3 N–H and O–H groups in total. The van der Waals surface area contributed by atoms with E-state index in [9.17, 15) is 9.59 Å². The molecule has 2 unspecified atom stereocenters. The second-order valence-corrected chi connectivity index (χ2v) is 8.63. The average Bonchev–Trinajstić information content (AvgIpc) is 2.69. The lowest BCUT2D eigenvalue weighted by atomic mass is 9.97. The lowest BCUT2D eigenvalue weighted by Gasteiger charge is -2.34. The van der Waals surface area contributed by atoms with Gasteiger partial charge in [-0.05, 0) is 37.8 Å². The van der Waals surface area contributed by atoms with Crippen LogP contribution in [0.5, 0.6) is 0 Å². The molecule has 2 fully saturated rings. The third kappa shape index (κ3) is 6.43. The fraction of sp³-hybridized carbons (Fsp3) is 0.600. The Kier molecular flexibility index (Phi) is 7.41. The Balaban J connectivity index is 1.40. The van der Waals surface area contributed by atoms with E-state index in [4.69, 9.17) is 0 Å². The van der Waals surface area contributed by atoms with Gasteiger partial charge in [0.25, 0.3) is 0 Å². The number of rotatable bonds is 5. The number of aryl methyl sites for hydroxylation is 1. The summed E-state index contributed by atoms with van der Waals surface area (Å²) < 4.78 is 0. The van der Waals surface area contributed by atoms with Gasteiger partial charge in [-0.1, -0.05) is 17.7 Å². The summed E-state index contributed by atoms with van der Waals surface area (Å²) in [5.41, 5.74) is 1.95. The van der Waals surface area contributed by atoms with Gasteiger partial charge in [0.05, 0.1) is 0 Å². The smallest absolute Gasteiger partial charge is 0.319 e. The molecule has 1 aromatic carbocycles. The maximum absolute atomic E-state index is 12.6. The van der Waals surface area contributed by atoms with Gasteiger partial charge >= 0.3 is 6.03 Å². The average molecular weight is 391 g/mol. The summed E-state index contributed by atoms with van der Waals surface area (Å²) in [6.45, 7) is 5.18. The monoisotopic (exact) mass is 390 g/mol. The summed E-state index contributed by atoms with van der Waals surface area (Å²) in [5.74, 6) is 2.71. The Labute approximate surface area is 165 Å². The van der Waals surface area contributed by atoms with Crippen LogP contribution in [0.15, 0.2) is 24.3 Å². The van der Waals surface area contributed by atoms with Crippen LogP contribution < -0.4 is 16.0 Å². The van der Waals surface area contributed by atoms with Gasteiger partial charge in [-0.2, -0.15) is 11.8 Å². The first-order chi connectivity index (χ1) is 13.1. The quantitative estimate of drug-likeness (QED) is 0.722. The van der Waals surface area contributed by atoms with Gasteiger partial charge in [-0.15, -0.1) is 0 Å². The van der Waals surface area contributed by atoms with Gasteiger partial charge in [-0.3, -0.25) is 4.79 Å². The molecule has 1 aromatic rings. The van der Waals surface area contributed by atoms with Crippen LogP contribution in [-0.4, -0.2) is 60.6 Å². The molecule has 3 amide bonds. The van der Waals surface area contributed by atoms with Crippen LogP contribution in [-0.2, 0) is 4.79 Å². The Hall–Kier alpha value is -1.73. The first-order valence-electron chi connectivity index (χ1n) is 9.80. The lowest BCUT2D eigenvalue weighted by molar-refractivity contribution is -0.133. The maximum atomic E-state index is 12.6. The van der Waals surface area contributed by atoms with E-state index in [-0.39, 0.29) is 11.9 Å². The predicted octanol–water partition coefficient (Wildman–Crippen LogP) is 2.45. The molecule has 3 rings (SSSR count). The number of benzene rings is 1. The van der Waals surface area contributed by atoms with Crippen molar-refractivity contribution in [1.29, 1.82) is 0 Å². The van der Waals surface area contributed by atoms with Crippen molar-refractivity contribution >= 4 is 29.4 Å². The minimum absolute atomic E-state index is 0.189. The predicted molar refractivity (Wildman–Crippen MR) is 111 cm³/mol. The fourth-order valence-electron chi connectivity index (χ4n) is 3.60. The van der Waals surface area contributed by atoms with Crippen molar-refractivity contribution in [2.24, 2.45) is 5.92 Å². The number of nitrogens with one attached hydrogen (secondary N) is 3. The normalized spacial score (nSPS) is 22.9. The highest BCUT2D eigenvalue weighted by Gasteiger charge is 2.26. The van der Waals surface area contributed by atoms with Crippen LogP contribution in [0, 0.1) is 12.8 Å². The van der Waals surface area contributed by atoms with Crippen molar-refractivity contribution in [3.8, 4) is 0 Å².